The highest BCUT2D eigenvalue weighted by atomic mass is 16.5. The first-order chi connectivity index (χ1) is 10.3. The molecule has 0 saturated carbocycles. The molecular weight excluding hydrogens is 268 g/mol. The summed E-state index contributed by atoms with van der Waals surface area (Å²) in [6.07, 6.45) is 3.40. The zero-order valence-electron chi connectivity index (χ0n) is 12.2. The largest absolute Gasteiger partial charge is 0.378 e. The zero-order valence-corrected chi connectivity index (χ0v) is 12.2. The molecule has 2 heterocycles. The molecule has 0 spiro atoms. The Morgan fingerprint density at radius 3 is 3.19 bits per heavy atom. The molecule has 6 nitrogen and oxygen atoms in total. The first-order valence-corrected chi connectivity index (χ1v) is 7.51. The van der Waals surface area contributed by atoms with E-state index in [0.29, 0.717) is 18.2 Å². The van der Waals surface area contributed by atoms with Crippen LogP contribution in [0.25, 0.3) is 11.0 Å². The molecule has 1 aliphatic rings. The molecule has 2 aromatic rings. The third-order valence-corrected chi connectivity index (χ3v) is 3.85. The number of aryl methyl sites for hydroxylation is 1. The molecule has 1 saturated heterocycles. The summed E-state index contributed by atoms with van der Waals surface area (Å²) in [5.41, 5.74) is 2.33. The van der Waals surface area contributed by atoms with Gasteiger partial charge in [0.15, 0.2) is 0 Å². The van der Waals surface area contributed by atoms with Crippen molar-refractivity contribution in [3.05, 3.63) is 23.8 Å². The predicted molar refractivity (Wildman–Crippen MR) is 79.1 cm³/mol. The van der Waals surface area contributed by atoms with Crippen LogP contribution in [0.1, 0.15) is 36.5 Å². The van der Waals surface area contributed by atoms with Gasteiger partial charge in [-0.1, -0.05) is 5.21 Å². The van der Waals surface area contributed by atoms with E-state index in [9.17, 15) is 4.79 Å². The third kappa shape index (κ3) is 3.05. The Balaban J connectivity index is 1.61. The minimum Gasteiger partial charge on any atom is -0.378 e. The van der Waals surface area contributed by atoms with Crippen LogP contribution in [0.2, 0.25) is 0 Å². The van der Waals surface area contributed by atoms with Gasteiger partial charge in [0.25, 0.3) is 5.91 Å². The highest BCUT2D eigenvalue weighted by molar-refractivity contribution is 5.97. The average Bonchev–Trinajstić information content (AvgIpc) is 3.15. The van der Waals surface area contributed by atoms with Gasteiger partial charge in [-0.2, -0.15) is 0 Å². The van der Waals surface area contributed by atoms with E-state index < -0.39 is 0 Å². The van der Waals surface area contributed by atoms with Crippen LogP contribution >= 0.6 is 0 Å². The predicted octanol–water partition coefficient (Wildman–Crippen LogP) is 1.75. The molecular formula is C15H20N4O2. The Morgan fingerprint density at radius 1 is 1.52 bits per heavy atom. The second kappa shape index (κ2) is 6.22. The number of fused-ring (bicyclic) bond motifs is 1. The lowest BCUT2D eigenvalue weighted by atomic mass is 10.1. The fourth-order valence-electron chi connectivity index (χ4n) is 2.67. The number of carbonyl (C=O) groups is 1. The van der Waals surface area contributed by atoms with Crippen LogP contribution in [-0.4, -0.2) is 40.2 Å². The molecule has 0 aliphatic carbocycles. The summed E-state index contributed by atoms with van der Waals surface area (Å²) < 4.78 is 7.35. The Bertz CT molecular complexity index is 632. The van der Waals surface area contributed by atoms with Gasteiger partial charge in [-0.05, 0) is 44.4 Å². The molecule has 1 aromatic carbocycles. The van der Waals surface area contributed by atoms with E-state index in [1.165, 1.54) is 0 Å². The van der Waals surface area contributed by atoms with Crippen LogP contribution in [0.4, 0.5) is 0 Å². The van der Waals surface area contributed by atoms with Crippen molar-refractivity contribution in [1.29, 1.82) is 0 Å². The minimum absolute atomic E-state index is 0.0686. The summed E-state index contributed by atoms with van der Waals surface area (Å²) in [5, 5.41) is 11.1. The number of benzene rings is 1. The van der Waals surface area contributed by atoms with Gasteiger partial charge in [-0.15, -0.1) is 5.10 Å². The number of rotatable bonds is 5. The van der Waals surface area contributed by atoms with Crippen LogP contribution in [0.5, 0.6) is 0 Å². The van der Waals surface area contributed by atoms with Gasteiger partial charge in [0.1, 0.15) is 5.52 Å². The Hall–Kier alpha value is -1.95. The van der Waals surface area contributed by atoms with Gasteiger partial charge in [-0.25, -0.2) is 4.68 Å². The number of carbonyl (C=O) groups excluding carboxylic acids is 1. The van der Waals surface area contributed by atoms with Crippen molar-refractivity contribution in [1.82, 2.24) is 20.3 Å². The molecule has 6 heteroatoms. The van der Waals surface area contributed by atoms with Crippen LogP contribution in [-0.2, 0) is 11.3 Å². The summed E-state index contributed by atoms with van der Waals surface area (Å²) in [4.78, 5) is 12.1. The molecule has 112 valence electrons. The first-order valence-electron chi connectivity index (χ1n) is 7.51. The molecule has 1 fully saturated rings. The fourth-order valence-corrected chi connectivity index (χ4v) is 2.67. The third-order valence-electron chi connectivity index (χ3n) is 3.85. The van der Waals surface area contributed by atoms with E-state index in [4.69, 9.17) is 4.74 Å². The van der Waals surface area contributed by atoms with Gasteiger partial charge < -0.3 is 10.1 Å². The van der Waals surface area contributed by atoms with Crippen molar-refractivity contribution in [3.63, 3.8) is 0 Å². The van der Waals surface area contributed by atoms with Crippen molar-refractivity contribution < 1.29 is 9.53 Å². The van der Waals surface area contributed by atoms with Gasteiger partial charge in [0.05, 0.1) is 11.6 Å². The lowest BCUT2D eigenvalue weighted by Crippen LogP contribution is -2.27. The van der Waals surface area contributed by atoms with Crippen LogP contribution in [0, 0.1) is 0 Å². The maximum absolute atomic E-state index is 12.1. The van der Waals surface area contributed by atoms with E-state index in [0.717, 1.165) is 43.4 Å². The van der Waals surface area contributed by atoms with Crippen molar-refractivity contribution in [2.45, 2.75) is 38.8 Å². The molecule has 1 aromatic heterocycles. The molecule has 1 aliphatic heterocycles. The fraction of sp³-hybridized carbons (Fsp3) is 0.533. The average molecular weight is 288 g/mol. The van der Waals surface area contributed by atoms with Crippen LogP contribution < -0.4 is 5.32 Å². The van der Waals surface area contributed by atoms with Crippen molar-refractivity contribution in [3.8, 4) is 0 Å². The van der Waals surface area contributed by atoms with E-state index >= 15 is 0 Å². The molecule has 1 N–H and O–H groups in total. The maximum Gasteiger partial charge on any atom is 0.251 e. The van der Waals surface area contributed by atoms with Crippen molar-refractivity contribution in [2.75, 3.05) is 13.2 Å². The first kappa shape index (κ1) is 14.0. The number of hydrogen-bond acceptors (Lipinski definition) is 4. The maximum atomic E-state index is 12.1. The van der Waals surface area contributed by atoms with Crippen LogP contribution in [0.3, 0.4) is 0 Å². The molecule has 3 rings (SSSR count). The van der Waals surface area contributed by atoms with Gasteiger partial charge in [0.2, 0.25) is 0 Å². The van der Waals surface area contributed by atoms with E-state index in [-0.39, 0.29) is 5.91 Å². The number of amides is 1. The molecule has 0 unspecified atom stereocenters. The molecule has 1 atom stereocenters. The summed E-state index contributed by atoms with van der Waals surface area (Å²) in [7, 11) is 0. The lowest BCUT2D eigenvalue weighted by molar-refractivity contribution is 0.0907. The number of ether oxygens (including phenoxy) is 1. The van der Waals surface area contributed by atoms with Gasteiger partial charge in [0, 0.05) is 25.3 Å². The topological polar surface area (TPSA) is 69.0 Å². The monoisotopic (exact) mass is 288 g/mol. The Labute approximate surface area is 123 Å². The number of nitrogens with zero attached hydrogens (tertiary/aromatic N) is 3. The lowest BCUT2D eigenvalue weighted by Gasteiger charge is -2.10. The van der Waals surface area contributed by atoms with Gasteiger partial charge >= 0.3 is 0 Å². The van der Waals surface area contributed by atoms with E-state index in [2.05, 4.69) is 15.6 Å². The van der Waals surface area contributed by atoms with Crippen LogP contribution in [0.15, 0.2) is 18.2 Å². The quantitative estimate of drug-likeness (QED) is 0.910. The number of aromatic nitrogens is 3. The number of nitrogens with one attached hydrogen (secondary N) is 1. The smallest absolute Gasteiger partial charge is 0.251 e. The summed E-state index contributed by atoms with van der Waals surface area (Å²) in [6.45, 7) is 4.27. The summed E-state index contributed by atoms with van der Waals surface area (Å²) >= 11 is 0. The SMILES string of the molecule is CCn1nnc2cc(C(=O)NCC[C@H]3CCCO3)ccc21. The van der Waals surface area contributed by atoms with E-state index in [1.54, 1.807) is 6.07 Å². The zero-order chi connectivity index (χ0) is 14.7. The molecule has 1 amide bonds. The van der Waals surface area contributed by atoms with Crippen molar-refractivity contribution >= 4 is 16.9 Å². The van der Waals surface area contributed by atoms with Gasteiger partial charge in [-0.3, -0.25) is 4.79 Å². The minimum atomic E-state index is -0.0686. The summed E-state index contributed by atoms with van der Waals surface area (Å²) in [6, 6.07) is 5.50. The molecule has 21 heavy (non-hydrogen) atoms. The highest BCUT2D eigenvalue weighted by Crippen LogP contribution is 2.15. The standard InChI is InChI=1S/C15H20N4O2/c1-2-19-14-6-5-11(10-13(14)17-18-19)15(20)16-8-7-12-4-3-9-21-12/h5-6,10,12H,2-4,7-9H2,1H3,(H,16,20)/t12-/m1/s1. The Kier molecular flexibility index (Phi) is 4.15. The molecule has 0 bridgehead atoms. The normalized spacial score (nSPS) is 18.2. The Morgan fingerprint density at radius 2 is 2.43 bits per heavy atom. The second-order valence-corrected chi connectivity index (χ2v) is 5.29. The molecule has 0 radical (unpaired) electrons. The van der Waals surface area contributed by atoms with E-state index in [1.807, 2.05) is 23.7 Å². The second-order valence-electron chi connectivity index (χ2n) is 5.29. The highest BCUT2D eigenvalue weighted by Gasteiger charge is 2.15. The summed E-state index contributed by atoms with van der Waals surface area (Å²) in [5.74, 6) is -0.0686. The number of hydrogen-bond donors (Lipinski definition) is 1. The van der Waals surface area contributed by atoms with Crippen molar-refractivity contribution in [2.24, 2.45) is 0 Å².